The fraction of sp³-hybridized carbons (Fsp3) is 0.167. The number of nitrogens with zero attached hydrogens (tertiary/aromatic N) is 2. The summed E-state index contributed by atoms with van der Waals surface area (Å²) in [4.78, 5) is 14.6. The molecule has 1 heterocycles. The molecule has 0 aliphatic rings. The Labute approximate surface area is 98.3 Å². The van der Waals surface area contributed by atoms with Crippen molar-refractivity contribution >= 4 is 5.97 Å². The molecule has 0 spiro atoms. The lowest BCUT2D eigenvalue weighted by atomic mass is 10.3. The summed E-state index contributed by atoms with van der Waals surface area (Å²) in [5, 5.41) is 8.66. The lowest BCUT2D eigenvalue weighted by Gasteiger charge is -2.04. The van der Waals surface area contributed by atoms with Gasteiger partial charge in [0, 0.05) is 12.3 Å². The molecule has 5 nitrogen and oxygen atoms in total. The Bertz CT molecular complexity index is 534. The first-order valence-corrected chi connectivity index (χ1v) is 5.08. The Morgan fingerprint density at radius 3 is 3.06 bits per heavy atom. The first-order chi connectivity index (χ1) is 8.19. The zero-order valence-corrected chi connectivity index (χ0v) is 9.33. The molecule has 5 heteroatoms. The van der Waals surface area contributed by atoms with E-state index in [9.17, 15) is 4.79 Å². The molecule has 1 N–H and O–H groups in total. The largest absolute Gasteiger partial charge is 0.497 e. The second-order valence-corrected chi connectivity index (χ2v) is 3.54. The van der Waals surface area contributed by atoms with Gasteiger partial charge >= 0.3 is 5.97 Å². The van der Waals surface area contributed by atoms with Crippen LogP contribution in [0.1, 0.15) is 5.69 Å². The Hall–Kier alpha value is -2.30. The van der Waals surface area contributed by atoms with E-state index >= 15 is 0 Å². The van der Waals surface area contributed by atoms with Crippen LogP contribution in [0, 0.1) is 0 Å². The molecule has 0 aliphatic heterocycles. The van der Waals surface area contributed by atoms with Crippen LogP contribution in [0.5, 0.6) is 5.75 Å². The molecule has 0 fully saturated rings. The maximum absolute atomic E-state index is 10.5. The molecule has 0 unspecified atom stereocenters. The number of hydrogen-bond acceptors (Lipinski definition) is 3. The lowest BCUT2D eigenvalue weighted by Crippen LogP contribution is -1.99. The molecule has 2 rings (SSSR count). The average molecular weight is 232 g/mol. The quantitative estimate of drug-likeness (QED) is 0.867. The van der Waals surface area contributed by atoms with E-state index < -0.39 is 5.97 Å². The van der Waals surface area contributed by atoms with Crippen molar-refractivity contribution < 1.29 is 14.6 Å². The SMILES string of the molecule is COc1cccc(-n2cnc(CC(=O)O)c2)c1. The van der Waals surface area contributed by atoms with Crippen molar-refractivity contribution in [3.05, 3.63) is 42.5 Å². The molecular weight excluding hydrogens is 220 g/mol. The standard InChI is InChI=1S/C12H12N2O3/c1-17-11-4-2-3-10(6-11)14-7-9(13-8-14)5-12(15)16/h2-4,6-8H,5H2,1H3,(H,15,16). The summed E-state index contributed by atoms with van der Waals surface area (Å²) in [7, 11) is 1.60. The van der Waals surface area contributed by atoms with E-state index in [1.54, 1.807) is 24.2 Å². The predicted molar refractivity (Wildman–Crippen MR) is 61.5 cm³/mol. The minimum atomic E-state index is -0.888. The zero-order valence-electron chi connectivity index (χ0n) is 9.33. The van der Waals surface area contributed by atoms with Crippen LogP contribution in [0.4, 0.5) is 0 Å². The molecule has 0 atom stereocenters. The van der Waals surface area contributed by atoms with Crippen LogP contribution in [0.2, 0.25) is 0 Å². The minimum Gasteiger partial charge on any atom is -0.497 e. The molecule has 1 aromatic heterocycles. The van der Waals surface area contributed by atoms with E-state index in [4.69, 9.17) is 9.84 Å². The Morgan fingerprint density at radius 2 is 2.35 bits per heavy atom. The van der Waals surface area contributed by atoms with Crippen LogP contribution in [0.15, 0.2) is 36.8 Å². The van der Waals surface area contributed by atoms with Crippen LogP contribution < -0.4 is 4.74 Å². The normalized spacial score (nSPS) is 10.2. The van der Waals surface area contributed by atoms with Gasteiger partial charge in [-0.05, 0) is 12.1 Å². The van der Waals surface area contributed by atoms with E-state index in [1.807, 2.05) is 24.3 Å². The molecule has 0 saturated heterocycles. The summed E-state index contributed by atoms with van der Waals surface area (Å²) in [6, 6.07) is 7.46. The van der Waals surface area contributed by atoms with Gasteiger partial charge in [0.05, 0.1) is 31.2 Å². The van der Waals surface area contributed by atoms with Gasteiger partial charge in [-0.25, -0.2) is 4.98 Å². The summed E-state index contributed by atoms with van der Waals surface area (Å²) in [6.45, 7) is 0. The van der Waals surface area contributed by atoms with Crippen molar-refractivity contribution in [2.75, 3.05) is 7.11 Å². The number of carbonyl (C=O) groups is 1. The summed E-state index contributed by atoms with van der Waals surface area (Å²) >= 11 is 0. The fourth-order valence-electron chi connectivity index (χ4n) is 1.52. The van der Waals surface area contributed by atoms with Crippen LogP contribution in [-0.4, -0.2) is 27.7 Å². The molecule has 0 bridgehead atoms. The number of benzene rings is 1. The molecule has 0 amide bonds. The number of aromatic nitrogens is 2. The highest BCUT2D eigenvalue weighted by molar-refractivity contribution is 5.69. The van der Waals surface area contributed by atoms with E-state index in [1.165, 1.54) is 0 Å². The third-order valence-electron chi connectivity index (χ3n) is 2.32. The third-order valence-corrected chi connectivity index (χ3v) is 2.32. The molecule has 0 saturated carbocycles. The van der Waals surface area contributed by atoms with Gasteiger partial charge in [0.15, 0.2) is 0 Å². The number of hydrogen-bond donors (Lipinski definition) is 1. The Morgan fingerprint density at radius 1 is 1.53 bits per heavy atom. The average Bonchev–Trinajstić information content (AvgIpc) is 2.77. The first-order valence-electron chi connectivity index (χ1n) is 5.08. The monoisotopic (exact) mass is 232 g/mol. The Kier molecular flexibility index (Phi) is 3.09. The second kappa shape index (κ2) is 4.69. The molecule has 88 valence electrons. The van der Waals surface area contributed by atoms with Crippen LogP contribution >= 0.6 is 0 Å². The van der Waals surface area contributed by atoms with Crippen LogP contribution in [-0.2, 0) is 11.2 Å². The van der Waals surface area contributed by atoms with E-state index in [2.05, 4.69) is 4.98 Å². The fourth-order valence-corrected chi connectivity index (χ4v) is 1.52. The smallest absolute Gasteiger partial charge is 0.309 e. The van der Waals surface area contributed by atoms with Gasteiger partial charge in [-0.3, -0.25) is 4.79 Å². The van der Waals surface area contributed by atoms with Crippen molar-refractivity contribution in [3.8, 4) is 11.4 Å². The van der Waals surface area contributed by atoms with Crippen molar-refractivity contribution in [2.24, 2.45) is 0 Å². The highest BCUT2D eigenvalue weighted by atomic mass is 16.5. The van der Waals surface area contributed by atoms with Gasteiger partial charge in [0.1, 0.15) is 5.75 Å². The number of rotatable bonds is 4. The molecule has 0 aliphatic carbocycles. The number of imidazole rings is 1. The van der Waals surface area contributed by atoms with Gasteiger partial charge in [0.25, 0.3) is 0 Å². The van der Waals surface area contributed by atoms with Gasteiger partial charge in [0.2, 0.25) is 0 Å². The molecule has 0 radical (unpaired) electrons. The lowest BCUT2D eigenvalue weighted by molar-refractivity contribution is -0.136. The highest BCUT2D eigenvalue weighted by Crippen LogP contribution is 2.16. The maximum Gasteiger partial charge on any atom is 0.309 e. The number of carboxylic acid groups (broad SMARTS) is 1. The van der Waals surface area contributed by atoms with Gasteiger partial charge < -0.3 is 14.4 Å². The molecule has 17 heavy (non-hydrogen) atoms. The molecule has 1 aromatic carbocycles. The first kappa shape index (κ1) is 11.2. The van der Waals surface area contributed by atoms with Crippen molar-refractivity contribution in [2.45, 2.75) is 6.42 Å². The highest BCUT2D eigenvalue weighted by Gasteiger charge is 2.05. The van der Waals surface area contributed by atoms with Gasteiger partial charge in [-0.1, -0.05) is 6.07 Å². The molecular formula is C12H12N2O3. The summed E-state index contributed by atoms with van der Waals surface area (Å²) in [6.07, 6.45) is 3.22. The van der Waals surface area contributed by atoms with E-state index in [0.29, 0.717) is 5.69 Å². The molecule has 2 aromatic rings. The number of ether oxygens (including phenoxy) is 1. The minimum absolute atomic E-state index is 0.0725. The zero-order chi connectivity index (χ0) is 12.3. The predicted octanol–water partition coefficient (Wildman–Crippen LogP) is 1.51. The second-order valence-electron chi connectivity index (χ2n) is 3.54. The van der Waals surface area contributed by atoms with E-state index in [0.717, 1.165) is 11.4 Å². The number of carboxylic acids is 1. The van der Waals surface area contributed by atoms with Crippen molar-refractivity contribution in [3.63, 3.8) is 0 Å². The number of aliphatic carboxylic acids is 1. The van der Waals surface area contributed by atoms with Crippen molar-refractivity contribution in [1.29, 1.82) is 0 Å². The van der Waals surface area contributed by atoms with Crippen LogP contribution in [0.25, 0.3) is 5.69 Å². The van der Waals surface area contributed by atoms with Crippen molar-refractivity contribution in [1.82, 2.24) is 9.55 Å². The summed E-state index contributed by atoms with van der Waals surface area (Å²) < 4.78 is 6.88. The Balaban J connectivity index is 2.26. The summed E-state index contributed by atoms with van der Waals surface area (Å²) in [5.41, 5.74) is 1.41. The number of methoxy groups -OCH3 is 1. The third kappa shape index (κ3) is 2.63. The van der Waals surface area contributed by atoms with E-state index in [-0.39, 0.29) is 6.42 Å². The summed E-state index contributed by atoms with van der Waals surface area (Å²) in [5.74, 6) is -0.142. The maximum atomic E-state index is 10.5. The van der Waals surface area contributed by atoms with Gasteiger partial charge in [-0.15, -0.1) is 0 Å². The van der Waals surface area contributed by atoms with Crippen LogP contribution in [0.3, 0.4) is 0 Å². The van der Waals surface area contributed by atoms with Gasteiger partial charge in [-0.2, -0.15) is 0 Å². The topological polar surface area (TPSA) is 64.4 Å².